The van der Waals surface area contributed by atoms with Gasteiger partial charge in [-0.1, -0.05) is 40.0 Å². The van der Waals surface area contributed by atoms with Crippen LogP contribution in [-0.2, 0) is 24.7 Å². The van der Waals surface area contributed by atoms with Crippen molar-refractivity contribution in [3.05, 3.63) is 11.9 Å². The standard InChI is InChI=1S/C24H41N5O6/c1-6-9-12-32-16-17-19(33-13-10-7-2)23(4,34-14-11-8-3)24(30,35-17)18-15-26-20-21(31-5)27-22(25)28-29(18)20/h15,17,19,30H,6-14,16H2,1-5H3,(H2,25,28)/t17-,19-,23-,24+/m1/s1. The molecule has 1 aliphatic heterocycles. The van der Waals surface area contributed by atoms with Crippen LogP contribution in [0.2, 0.25) is 0 Å². The van der Waals surface area contributed by atoms with E-state index in [0.717, 1.165) is 38.5 Å². The van der Waals surface area contributed by atoms with Crippen LogP contribution in [0.1, 0.15) is 71.9 Å². The van der Waals surface area contributed by atoms with Crippen molar-refractivity contribution in [3.8, 4) is 5.88 Å². The van der Waals surface area contributed by atoms with Crippen LogP contribution in [-0.4, -0.2) is 76.0 Å². The quantitative estimate of drug-likeness (QED) is 0.355. The lowest BCUT2D eigenvalue weighted by molar-refractivity contribution is -0.291. The molecule has 0 aromatic carbocycles. The monoisotopic (exact) mass is 495 g/mol. The SMILES string of the molecule is CCCCOC[C@H]1O[C@@](O)(c2cnc3c(OC)nc(N)nn23)[C@](C)(OCCCC)[C@@H]1OCCCC. The summed E-state index contributed by atoms with van der Waals surface area (Å²) in [5.41, 5.74) is 5.19. The molecule has 0 spiro atoms. The summed E-state index contributed by atoms with van der Waals surface area (Å²) < 4.78 is 31.7. The second-order valence-electron chi connectivity index (χ2n) is 9.04. The van der Waals surface area contributed by atoms with E-state index in [9.17, 15) is 5.11 Å². The van der Waals surface area contributed by atoms with E-state index in [1.807, 2.05) is 6.92 Å². The molecule has 198 valence electrons. The lowest BCUT2D eigenvalue weighted by Gasteiger charge is -2.39. The molecule has 1 saturated heterocycles. The molecule has 35 heavy (non-hydrogen) atoms. The van der Waals surface area contributed by atoms with E-state index in [0.29, 0.717) is 25.5 Å². The highest BCUT2D eigenvalue weighted by Gasteiger charge is 2.67. The van der Waals surface area contributed by atoms with Gasteiger partial charge in [-0.25, -0.2) is 9.50 Å². The van der Waals surface area contributed by atoms with Crippen molar-refractivity contribution in [1.29, 1.82) is 0 Å². The summed E-state index contributed by atoms with van der Waals surface area (Å²) in [6, 6.07) is 0. The fourth-order valence-electron chi connectivity index (χ4n) is 4.30. The Labute approximate surface area is 207 Å². The van der Waals surface area contributed by atoms with Crippen molar-refractivity contribution in [2.45, 2.75) is 89.8 Å². The largest absolute Gasteiger partial charge is 0.478 e. The van der Waals surface area contributed by atoms with Gasteiger partial charge in [0.2, 0.25) is 17.4 Å². The highest BCUT2D eigenvalue weighted by molar-refractivity contribution is 5.52. The number of fused-ring (bicyclic) bond motifs is 1. The Kier molecular flexibility index (Phi) is 9.65. The Morgan fingerprint density at radius 2 is 1.80 bits per heavy atom. The molecule has 3 heterocycles. The number of nitrogens with zero attached hydrogens (tertiary/aromatic N) is 4. The van der Waals surface area contributed by atoms with Gasteiger partial charge in [0.25, 0.3) is 5.88 Å². The number of aliphatic hydroxyl groups is 1. The van der Waals surface area contributed by atoms with Crippen molar-refractivity contribution in [1.82, 2.24) is 19.6 Å². The van der Waals surface area contributed by atoms with Crippen molar-refractivity contribution in [3.63, 3.8) is 0 Å². The van der Waals surface area contributed by atoms with Gasteiger partial charge in [-0.2, -0.15) is 4.98 Å². The third-order valence-corrected chi connectivity index (χ3v) is 6.38. The van der Waals surface area contributed by atoms with Gasteiger partial charge in [-0.15, -0.1) is 5.10 Å². The van der Waals surface area contributed by atoms with E-state index in [1.165, 1.54) is 17.8 Å². The molecular weight excluding hydrogens is 454 g/mol. The summed E-state index contributed by atoms with van der Waals surface area (Å²) in [5, 5.41) is 16.5. The molecule has 11 nitrogen and oxygen atoms in total. The van der Waals surface area contributed by atoms with E-state index in [1.54, 1.807) is 0 Å². The Morgan fingerprint density at radius 3 is 2.49 bits per heavy atom. The summed E-state index contributed by atoms with van der Waals surface area (Å²) in [7, 11) is 1.47. The van der Waals surface area contributed by atoms with Crippen molar-refractivity contribution in [2.24, 2.45) is 0 Å². The second kappa shape index (κ2) is 12.3. The van der Waals surface area contributed by atoms with Gasteiger partial charge < -0.3 is 34.5 Å². The van der Waals surface area contributed by atoms with Crippen molar-refractivity contribution in [2.75, 3.05) is 39.3 Å². The number of aromatic nitrogens is 4. The minimum absolute atomic E-state index is 0.0287. The Balaban J connectivity index is 2.06. The first kappa shape index (κ1) is 27.5. The van der Waals surface area contributed by atoms with Crippen molar-refractivity contribution < 1.29 is 28.8 Å². The first-order chi connectivity index (χ1) is 16.9. The average molecular weight is 496 g/mol. The third-order valence-electron chi connectivity index (χ3n) is 6.38. The summed E-state index contributed by atoms with van der Waals surface area (Å²) in [5.74, 6) is -1.80. The van der Waals surface area contributed by atoms with E-state index >= 15 is 0 Å². The summed E-state index contributed by atoms with van der Waals surface area (Å²) in [4.78, 5) is 8.46. The number of nitrogens with two attached hydrogens (primary N) is 1. The molecule has 1 fully saturated rings. The van der Waals surface area contributed by atoms with Gasteiger partial charge in [-0.05, 0) is 26.2 Å². The predicted molar refractivity (Wildman–Crippen MR) is 130 cm³/mol. The zero-order valence-corrected chi connectivity index (χ0v) is 21.7. The number of anilines is 1. The van der Waals surface area contributed by atoms with Crippen LogP contribution < -0.4 is 10.5 Å². The average Bonchev–Trinajstić information content (AvgIpc) is 3.35. The van der Waals surface area contributed by atoms with E-state index in [4.69, 9.17) is 29.4 Å². The highest BCUT2D eigenvalue weighted by atomic mass is 16.7. The maximum atomic E-state index is 12.2. The third kappa shape index (κ3) is 5.54. The number of ether oxygens (including phenoxy) is 5. The highest BCUT2D eigenvalue weighted by Crippen LogP contribution is 2.49. The van der Waals surface area contributed by atoms with Gasteiger partial charge in [0.05, 0.1) is 19.9 Å². The molecule has 4 atom stereocenters. The fourth-order valence-corrected chi connectivity index (χ4v) is 4.30. The van der Waals surface area contributed by atoms with Gasteiger partial charge >= 0.3 is 0 Å². The number of nitrogen functional groups attached to an aromatic ring is 1. The smallest absolute Gasteiger partial charge is 0.262 e. The lowest BCUT2D eigenvalue weighted by Crippen LogP contribution is -2.56. The first-order valence-corrected chi connectivity index (χ1v) is 12.6. The maximum absolute atomic E-state index is 12.2. The Bertz CT molecular complexity index is 943. The lowest BCUT2D eigenvalue weighted by atomic mass is 9.87. The topological polar surface area (TPSA) is 135 Å². The van der Waals surface area contributed by atoms with Gasteiger partial charge in [0.15, 0.2) is 5.60 Å². The Morgan fingerprint density at radius 1 is 1.11 bits per heavy atom. The van der Waals surface area contributed by atoms with Gasteiger partial charge in [0, 0.05) is 19.8 Å². The molecule has 3 rings (SSSR count). The van der Waals surface area contributed by atoms with Crippen LogP contribution in [0, 0.1) is 0 Å². The first-order valence-electron chi connectivity index (χ1n) is 12.6. The summed E-state index contributed by atoms with van der Waals surface area (Å²) in [6.45, 7) is 9.88. The van der Waals surface area contributed by atoms with E-state index in [-0.39, 0.29) is 24.1 Å². The number of rotatable bonds is 15. The van der Waals surface area contributed by atoms with Crippen LogP contribution in [0.15, 0.2) is 6.20 Å². The molecule has 3 N–H and O–H groups in total. The molecule has 11 heteroatoms. The molecule has 1 aliphatic rings. The molecule has 0 saturated carbocycles. The number of unbranched alkanes of at least 4 members (excludes halogenated alkanes) is 3. The maximum Gasteiger partial charge on any atom is 0.262 e. The van der Waals surface area contributed by atoms with Crippen LogP contribution in [0.4, 0.5) is 5.95 Å². The van der Waals surface area contributed by atoms with Gasteiger partial charge in [0.1, 0.15) is 17.9 Å². The molecule has 0 amide bonds. The minimum atomic E-state index is -1.96. The molecule has 0 bridgehead atoms. The predicted octanol–water partition coefficient (Wildman–Crippen LogP) is 2.84. The normalized spacial score (nSPS) is 26.6. The fraction of sp³-hybridized carbons (Fsp3) is 0.792. The Hall–Kier alpha value is -2.05. The van der Waals surface area contributed by atoms with Crippen LogP contribution >= 0.6 is 0 Å². The molecule has 0 radical (unpaired) electrons. The number of hydrogen-bond donors (Lipinski definition) is 2. The van der Waals surface area contributed by atoms with Crippen molar-refractivity contribution >= 4 is 11.6 Å². The molecule has 2 aromatic heterocycles. The second-order valence-corrected chi connectivity index (χ2v) is 9.04. The van der Waals surface area contributed by atoms with E-state index < -0.39 is 23.6 Å². The molecule has 2 aromatic rings. The summed E-state index contributed by atoms with van der Waals surface area (Å²) >= 11 is 0. The molecule has 0 aliphatic carbocycles. The summed E-state index contributed by atoms with van der Waals surface area (Å²) in [6.07, 6.45) is 5.89. The van der Waals surface area contributed by atoms with E-state index in [2.05, 4.69) is 35.8 Å². The number of methoxy groups -OCH3 is 1. The van der Waals surface area contributed by atoms with Crippen LogP contribution in [0.3, 0.4) is 0 Å². The molecular formula is C24H41N5O6. The molecule has 0 unspecified atom stereocenters. The number of imidazole rings is 1. The van der Waals surface area contributed by atoms with Crippen LogP contribution in [0.25, 0.3) is 5.65 Å². The van der Waals surface area contributed by atoms with Crippen LogP contribution in [0.5, 0.6) is 5.88 Å². The zero-order chi connectivity index (χ0) is 25.5. The zero-order valence-electron chi connectivity index (χ0n) is 21.7. The number of hydrogen-bond acceptors (Lipinski definition) is 10. The van der Waals surface area contributed by atoms with Gasteiger partial charge in [-0.3, -0.25) is 0 Å². The minimum Gasteiger partial charge on any atom is -0.478 e.